The smallest absolute Gasteiger partial charge is 0.372 e. The number of alkyl halides is 3. The van der Waals surface area contributed by atoms with Crippen molar-refractivity contribution in [1.29, 1.82) is 0 Å². The van der Waals surface area contributed by atoms with Crippen LogP contribution in [0.2, 0.25) is 0 Å². The van der Waals surface area contributed by atoms with Gasteiger partial charge in [0.15, 0.2) is 0 Å². The standard InChI is InChI=1S/C19H19F3N2O/c20-19(21,22)15-5-3-4-14(12-15)13-18(25)23-16-6-8-17(9-7-16)24-10-1-2-11-24/h3-9,12H,1-2,10-11,13H2,(H,23,25). The molecule has 1 heterocycles. The highest BCUT2D eigenvalue weighted by molar-refractivity contribution is 5.92. The Hall–Kier alpha value is -2.50. The molecule has 0 unspecified atom stereocenters. The molecule has 0 saturated carbocycles. The molecule has 0 radical (unpaired) electrons. The summed E-state index contributed by atoms with van der Waals surface area (Å²) in [6.45, 7) is 2.09. The molecule has 2 aromatic carbocycles. The van der Waals surface area contributed by atoms with E-state index in [1.807, 2.05) is 24.3 Å². The first kappa shape index (κ1) is 17.3. The van der Waals surface area contributed by atoms with Gasteiger partial charge in [0.05, 0.1) is 12.0 Å². The summed E-state index contributed by atoms with van der Waals surface area (Å²) in [5.74, 6) is -0.340. The highest BCUT2D eigenvalue weighted by Crippen LogP contribution is 2.29. The maximum absolute atomic E-state index is 12.7. The van der Waals surface area contributed by atoms with Crippen molar-refractivity contribution in [2.45, 2.75) is 25.4 Å². The number of anilines is 2. The van der Waals surface area contributed by atoms with E-state index in [1.165, 1.54) is 25.0 Å². The Labute approximate surface area is 144 Å². The quantitative estimate of drug-likeness (QED) is 0.883. The van der Waals surface area contributed by atoms with Gasteiger partial charge in [-0.3, -0.25) is 4.79 Å². The second-order valence-corrected chi connectivity index (χ2v) is 6.16. The Morgan fingerprint density at radius 2 is 1.72 bits per heavy atom. The first-order valence-corrected chi connectivity index (χ1v) is 8.23. The lowest BCUT2D eigenvalue weighted by atomic mass is 10.1. The molecule has 1 aliphatic heterocycles. The number of halogens is 3. The Morgan fingerprint density at radius 1 is 1.04 bits per heavy atom. The van der Waals surface area contributed by atoms with Crippen LogP contribution in [-0.4, -0.2) is 19.0 Å². The highest BCUT2D eigenvalue weighted by Gasteiger charge is 2.30. The zero-order valence-corrected chi connectivity index (χ0v) is 13.6. The number of carbonyl (C=O) groups is 1. The fourth-order valence-corrected chi connectivity index (χ4v) is 2.98. The fourth-order valence-electron chi connectivity index (χ4n) is 2.98. The average molecular weight is 348 g/mol. The summed E-state index contributed by atoms with van der Waals surface area (Å²) in [4.78, 5) is 14.4. The number of benzene rings is 2. The topological polar surface area (TPSA) is 32.3 Å². The van der Waals surface area contributed by atoms with E-state index in [0.29, 0.717) is 11.3 Å². The van der Waals surface area contributed by atoms with Gasteiger partial charge < -0.3 is 10.2 Å². The van der Waals surface area contributed by atoms with Gasteiger partial charge >= 0.3 is 6.18 Å². The maximum Gasteiger partial charge on any atom is 0.416 e. The molecule has 0 atom stereocenters. The summed E-state index contributed by atoms with van der Waals surface area (Å²) >= 11 is 0. The summed E-state index contributed by atoms with van der Waals surface area (Å²) in [5, 5.41) is 2.73. The Bertz CT molecular complexity index is 735. The minimum atomic E-state index is -4.40. The monoisotopic (exact) mass is 348 g/mol. The first-order chi connectivity index (χ1) is 11.9. The van der Waals surface area contributed by atoms with Crippen molar-refractivity contribution in [3.8, 4) is 0 Å². The molecule has 1 saturated heterocycles. The van der Waals surface area contributed by atoms with E-state index in [9.17, 15) is 18.0 Å². The van der Waals surface area contributed by atoms with Crippen LogP contribution in [0.4, 0.5) is 24.5 Å². The lowest BCUT2D eigenvalue weighted by Crippen LogP contribution is -2.18. The van der Waals surface area contributed by atoms with Crippen molar-refractivity contribution in [1.82, 2.24) is 0 Å². The van der Waals surface area contributed by atoms with E-state index in [4.69, 9.17) is 0 Å². The zero-order valence-electron chi connectivity index (χ0n) is 13.6. The predicted octanol–water partition coefficient (Wildman–Crippen LogP) is 4.49. The van der Waals surface area contributed by atoms with Crippen LogP contribution in [0.1, 0.15) is 24.0 Å². The van der Waals surface area contributed by atoms with Crippen LogP contribution in [0.25, 0.3) is 0 Å². The molecule has 0 aromatic heterocycles. The van der Waals surface area contributed by atoms with Crippen LogP contribution in [0, 0.1) is 0 Å². The Morgan fingerprint density at radius 3 is 2.36 bits per heavy atom. The molecule has 132 valence electrons. The molecule has 1 fully saturated rings. The van der Waals surface area contributed by atoms with Gasteiger partial charge in [-0.15, -0.1) is 0 Å². The predicted molar refractivity (Wildman–Crippen MR) is 91.7 cm³/mol. The zero-order chi connectivity index (χ0) is 17.9. The van der Waals surface area contributed by atoms with E-state index >= 15 is 0 Å². The Balaban J connectivity index is 1.61. The van der Waals surface area contributed by atoms with Crippen LogP contribution in [0.15, 0.2) is 48.5 Å². The summed E-state index contributed by atoms with van der Waals surface area (Å²) in [7, 11) is 0. The third-order valence-corrected chi connectivity index (χ3v) is 4.24. The van der Waals surface area contributed by atoms with E-state index in [1.54, 1.807) is 0 Å². The summed E-state index contributed by atoms with van der Waals surface area (Å²) in [5.41, 5.74) is 1.35. The molecule has 25 heavy (non-hydrogen) atoms. The SMILES string of the molecule is O=C(Cc1cccc(C(F)(F)F)c1)Nc1ccc(N2CCCC2)cc1. The van der Waals surface area contributed by atoms with Crippen molar-refractivity contribution in [3.05, 3.63) is 59.7 Å². The average Bonchev–Trinajstić information content (AvgIpc) is 3.09. The van der Waals surface area contributed by atoms with Gasteiger partial charge in [0.25, 0.3) is 0 Å². The van der Waals surface area contributed by atoms with Crippen molar-refractivity contribution >= 4 is 17.3 Å². The molecular weight excluding hydrogens is 329 g/mol. The minimum Gasteiger partial charge on any atom is -0.372 e. The van der Waals surface area contributed by atoms with E-state index in [0.717, 1.165) is 30.9 Å². The number of nitrogens with zero attached hydrogens (tertiary/aromatic N) is 1. The molecule has 0 spiro atoms. The summed E-state index contributed by atoms with van der Waals surface area (Å²) in [6, 6.07) is 12.4. The molecular formula is C19H19F3N2O. The molecule has 3 nitrogen and oxygen atoms in total. The molecule has 1 amide bonds. The van der Waals surface area contributed by atoms with Crippen molar-refractivity contribution in [2.75, 3.05) is 23.3 Å². The van der Waals surface area contributed by atoms with Gasteiger partial charge in [0.1, 0.15) is 0 Å². The molecule has 0 aliphatic carbocycles. The molecule has 6 heteroatoms. The first-order valence-electron chi connectivity index (χ1n) is 8.23. The van der Waals surface area contributed by atoms with Crippen LogP contribution in [0.5, 0.6) is 0 Å². The number of carbonyl (C=O) groups excluding carboxylic acids is 1. The summed E-state index contributed by atoms with van der Waals surface area (Å²) < 4.78 is 38.1. The van der Waals surface area contributed by atoms with Crippen molar-refractivity contribution in [3.63, 3.8) is 0 Å². The second-order valence-electron chi connectivity index (χ2n) is 6.16. The van der Waals surface area contributed by atoms with Gasteiger partial charge in [-0.1, -0.05) is 18.2 Å². The van der Waals surface area contributed by atoms with Crippen LogP contribution in [-0.2, 0) is 17.4 Å². The number of rotatable bonds is 4. The third-order valence-electron chi connectivity index (χ3n) is 4.24. The highest BCUT2D eigenvalue weighted by atomic mass is 19.4. The molecule has 1 N–H and O–H groups in total. The third kappa shape index (κ3) is 4.53. The second kappa shape index (κ2) is 7.17. The van der Waals surface area contributed by atoms with Crippen LogP contribution in [0.3, 0.4) is 0 Å². The van der Waals surface area contributed by atoms with Gasteiger partial charge in [0.2, 0.25) is 5.91 Å². The van der Waals surface area contributed by atoms with E-state index in [2.05, 4.69) is 10.2 Å². The minimum absolute atomic E-state index is 0.0994. The lowest BCUT2D eigenvalue weighted by molar-refractivity contribution is -0.137. The van der Waals surface area contributed by atoms with Gasteiger partial charge in [0, 0.05) is 24.5 Å². The number of hydrogen-bond acceptors (Lipinski definition) is 2. The lowest BCUT2D eigenvalue weighted by Gasteiger charge is -2.17. The number of amides is 1. The normalized spacial score (nSPS) is 14.6. The molecule has 0 bridgehead atoms. The fraction of sp³-hybridized carbons (Fsp3) is 0.316. The number of hydrogen-bond donors (Lipinski definition) is 1. The van der Waals surface area contributed by atoms with E-state index < -0.39 is 11.7 Å². The van der Waals surface area contributed by atoms with E-state index in [-0.39, 0.29) is 12.3 Å². The maximum atomic E-state index is 12.7. The molecule has 3 rings (SSSR count). The number of nitrogens with one attached hydrogen (secondary N) is 1. The van der Waals surface area contributed by atoms with Crippen molar-refractivity contribution < 1.29 is 18.0 Å². The van der Waals surface area contributed by atoms with Gasteiger partial charge in [-0.2, -0.15) is 13.2 Å². The Kier molecular flexibility index (Phi) is 4.97. The van der Waals surface area contributed by atoms with Crippen LogP contribution >= 0.6 is 0 Å². The van der Waals surface area contributed by atoms with Crippen molar-refractivity contribution in [2.24, 2.45) is 0 Å². The van der Waals surface area contributed by atoms with Gasteiger partial charge in [-0.05, 0) is 48.7 Å². The van der Waals surface area contributed by atoms with Gasteiger partial charge in [-0.25, -0.2) is 0 Å². The largest absolute Gasteiger partial charge is 0.416 e. The molecule has 1 aliphatic rings. The van der Waals surface area contributed by atoms with Crippen LogP contribution < -0.4 is 10.2 Å². The summed E-state index contributed by atoms with van der Waals surface area (Å²) in [6.07, 6.45) is -2.12. The molecule has 2 aromatic rings.